The minimum absolute atomic E-state index is 0.0160. The molecule has 3 rings (SSSR count). The molecule has 2 N–H and O–H groups in total. The maximum absolute atomic E-state index is 14.6. The molecule has 1 heterocycles. The van der Waals surface area contributed by atoms with Gasteiger partial charge in [-0.05, 0) is 48.5 Å². The van der Waals surface area contributed by atoms with E-state index in [1.54, 1.807) is 12.1 Å². The van der Waals surface area contributed by atoms with E-state index >= 15 is 0 Å². The number of carbonyl (C=O) groups is 1. The Hall–Kier alpha value is -3.37. The lowest BCUT2D eigenvalue weighted by Crippen LogP contribution is -2.35. The number of hydrogen-bond donors (Lipinski definition) is 3. The van der Waals surface area contributed by atoms with Crippen molar-refractivity contribution in [3.05, 3.63) is 83.4 Å². The van der Waals surface area contributed by atoms with E-state index in [2.05, 4.69) is 28.2 Å². The minimum atomic E-state index is -0.834. The fourth-order valence-corrected chi connectivity index (χ4v) is 3.32. The van der Waals surface area contributed by atoms with Crippen LogP contribution in [0.2, 0.25) is 0 Å². The average Bonchev–Trinajstić information content (AvgIpc) is 2.78. The van der Waals surface area contributed by atoms with Gasteiger partial charge < -0.3 is 15.4 Å². The van der Waals surface area contributed by atoms with E-state index in [1.807, 2.05) is 13.0 Å². The van der Waals surface area contributed by atoms with Gasteiger partial charge in [0.15, 0.2) is 16.7 Å². The van der Waals surface area contributed by atoms with Crippen LogP contribution in [0, 0.1) is 17.5 Å². The SMILES string of the molecule is CC/C=C/c1nccc(Oc2ccc(NC(=S)NC(=O)Cc3ccc(F)cc3F)cc2F)c1S. The number of nitrogens with one attached hydrogen (secondary N) is 2. The number of thiol groups is 1. The molecule has 5 nitrogen and oxygen atoms in total. The molecule has 0 spiro atoms. The first-order valence-corrected chi connectivity index (χ1v) is 11.0. The van der Waals surface area contributed by atoms with Crippen molar-refractivity contribution in [2.45, 2.75) is 24.7 Å². The maximum Gasteiger partial charge on any atom is 0.230 e. The summed E-state index contributed by atoms with van der Waals surface area (Å²) in [5.74, 6) is -2.57. The second-order valence-corrected chi connectivity index (χ2v) is 7.87. The van der Waals surface area contributed by atoms with Crippen molar-refractivity contribution < 1.29 is 22.7 Å². The lowest BCUT2D eigenvalue weighted by atomic mass is 10.1. The van der Waals surface area contributed by atoms with Crippen molar-refractivity contribution in [2.24, 2.45) is 0 Å². The van der Waals surface area contributed by atoms with Crippen LogP contribution in [-0.2, 0) is 11.2 Å². The summed E-state index contributed by atoms with van der Waals surface area (Å²) in [6, 6.07) is 8.55. The van der Waals surface area contributed by atoms with E-state index in [-0.39, 0.29) is 28.5 Å². The summed E-state index contributed by atoms with van der Waals surface area (Å²) in [6.07, 6.45) is 5.75. The number of hydrogen-bond acceptors (Lipinski definition) is 5. The maximum atomic E-state index is 14.6. The molecule has 0 fully saturated rings. The predicted octanol–water partition coefficient (Wildman–Crippen LogP) is 6.06. The smallest absolute Gasteiger partial charge is 0.230 e. The summed E-state index contributed by atoms with van der Waals surface area (Å²) < 4.78 is 47.0. The molecule has 0 bridgehead atoms. The highest BCUT2D eigenvalue weighted by atomic mass is 32.1. The molecule has 1 amide bonds. The van der Waals surface area contributed by atoms with Gasteiger partial charge in [-0.1, -0.05) is 19.1 Å². The number of aromatic nitrogens is 1. The van der Waals surface area contributed by atoms with Crippen LogP contribution in [0.25, 0.3) is 6.08 Å². The van der Waals surface area contributed by atoms with Crippen molar-refractivity contribution in [3.63, 3.8) is 0 Å². The molecular formula is C24H20F3N3O2S2. The molecular weight excluding hydrogens is 483 g/mol. The monoisotopic (exact) mass is 503 g/mol. The van der Waals surface area contributed by atoms with Crippen LogP contribution in [0.3, 0.4) is 0 Å². The Labute approximate surface area is 205 Å². The second kappa shape index (κ2) is 11.7. The summed E-state index contributed by atoms with van der Waals surface area (Å²) in [5, 5.41) is 4.93. The Balaban J connectivity index is 1.62. The van der Waals surface area contributed by atoms with E-state index in [4.69, 9.17) is 17.0 Å². The molecule has 0 aliphatic rings. The summed E-state index contributed by atoms with van der Waals surface area (Å²) in [6.45, 7) is 1.99. The van der Waals surface area contributed by atoms with E-state index in [1.165, 1.54) is 24.4 Å². The Morgan fingerprint density at radius 1 is 1.12 bits per heavy atom. The zero-order chi connectivity index (χ0) is 24.7. The van der Waals surface area contributed by atoms with Crippen LogP contribution >= 0.6 is 24.8 Å². The number of allylic oxidation sites excluding steroid dienone is 1. The van der Waals surface area contributed by atoms with Gasteiger partial charge in [-0.3, -0.25) is 9.78 Å². The highest BCUT2D eigenvalue weighted by molar-refractivity contribution is 7.80. The van der Waals surface area contributed by atoms with Gasteiger partial charge in [-0.25, -0.2) is 13.2 Å². The third kappa shape index (κ3) is 6.82. The number of benzene rings is 2. The number of anilines is 1. The molecule has 10 heteroatoms. The normalized spacial score (nSPS) is 10.9. The number of amides is 1. The standard InChI is InChI=1S/C24H20F3N3O2S2/c1-2-3-4-19-23(33)21(9-10-28-19)32-20-8-7-16(13-18(20)27)29-24(34)30-22(31)11-14-5-6-15(25)12-17(14)26/h3-10,12-13,33H,2,11H2,1H3,(H2,29,30,31,34)/b4-3+. The lowest BCUT2D eigenvalue weighted by molar-refractivity contribution is -0.119. The Bertz CT molecular complexity index is 1250. The average molecular weight is 504 g/mol. The largest absolute Gasteiger partial charge is 0.453 e. The van der Waals surface area contributed by atoms with Gasteiger partial charge in [0.25, 0.3) is 0 Å². The summed E-state index contributed by atoms with van der Waals surface area (Å²) in [5.41, 5.74) is 0.876. The van der Waals surface area contributed by atoms with Gasteiger partial charge in [0.2, 0.25) is 5.91 Å². The van der Waals surface area contributed by atoms with Gasteiger partial charge in [-0.15, -0.1) is 12.6 Å². The zero-order valence-corrected chi connectivity index (χ0v) is 19.7. The molecule has 0 saturated carbocycles. The number of nitrogens with zero attached hydrogens (tertiary/aromatic N) is 1. The molecule has 0 saturated heterocycles. The van der Waals surface area contributed by atoms with Crippen molar-refractivity contribution in [1.82, 2.24) is 10.3 Å². The quantitative estimate of drug-likeness (QED) is 0.270. The highest BCUT2D eigenvalue weighted by Gasteiger charge is 2.13. The highest BCUT2D eigenvalue weighted by Crippen LogP contribution is 2.32. The molecule has 34 heavy (non-hydrogen) atoms. The minimum Gasteiger partial charge on any atom is -0.453 e. The van der Waals surface area contributed by atoms with Crippen molar-refractivity contribution in [3.8, 4) is 11.5 Å². The van der Waals surface area contributed by atoms with Crippen LogP contribution in [0.5, 0.6) is 11.5 Å². The molecule has 0 radical (unpaired) electrons. The number of ether oxygens (including phenoxy) is 1. The fourth-order valence-electron chi connectivity index (χ4n) is 2.84. The number of halogens is 3. The van der Waals surface area contributed by atoms with Crippen molar-refractivity contribution >= 4 is 47.6 Å². The molecule has 0 atom stereocenters. The molecule has 1 aromatic heterocycles. The summed E-state index contributed by atoms with van der Waals surface area (Å²) in [7, 11) is 0. The summed E-state index contributed by atoms with van der Waals surface area (Å²) >= 11 is 9.48. The zero-order valence-electron chi connectivity index (χ0n) is 17.9. The molecule has 176 valence electrons. The van der Waals surface area contributed by atoms with Gasteiger partial charge in [0, 0.05) is 30.1 Å². The number of thiocarbonyl (C=S) groups is 1. The Kier molecular flexibility index (Phi) is 8.67. The predicted molar refractivity (Wildman–Crippen MR) is 132 cm³/mol. The molecule has 0 unspecified atom stereocenters. The first-order valence-electron chi connectivity index (χ1n) is 10.1. The van der Waals surface area contributed by atoms with Gasteiger partial charge >= 0.3 is 0 Å². The van der Waals surface area contributed by atoms with Gasteiger partial charge in [0.1, 0.15) is 17.4 Å². The topological polar surface area (TPSA) is 63.2 Å². The number of pyridine rings is 1. The van der Waals surface area contributed by atoms with E-state index in [0.29, 0.717) is 22.4 Å². The number of rotatable bonds is 7. The van der Waals surface area contributed by atoms with Crippen LogP contribution in [0.15, 0.2) is 59.6 Å². The Morgan fingerprint density at radius 2 is 1.91 bits per heavy atom. The molecule has 3 aromatic rings. The second-order valence-electron chi connectivity index (χ2n) is 7.02. The molecule has 0 aliphatic carbocycles. The van der Waals surface area contributed by atoms with Gasteiger partial charge in [-0.2, -0.15) is 0 Å². The third-order valence-corrected chi connectivity index (χ3v) is 5.11. The van der Waals surface area contributed by atoms with Crippen molar-refractivity contribution in [2.75, 3.05) is 5.32 Å². The van der Waals surface area contributed by atoms with Crippen LogP contribution in [0.4, 0.5) is 18.9 Å². The van der Waals surface area contributed by atoms with Crippen LogP contribution in [-0.4, -0.2) is 16.0 Å². The van der Waals surface area contributed by atoms with E-state index in [9.17, 15) is 18.0 Å². The molecule has 2 aromatic carbocycles. The molecule has 0 aliphatic heterocycles. The van der Waals surface area contributed by atoms with Gasteiger partial charge in [0.05, 0.1) is 17.0 Å². The first-order chi connectivity index (χ1) is 16.3. The third-order valence-electron chi connectivity index (χ3n) is 4.46. The first kappa shape index (κ1) is 25.3. The van der Waals surface area contributed by atoms with E-state index < -0.39 is 23.4 Å². The Morgan fingerprint density at radius 3 is 2.62 bits per heavy atom. The lowest BCUT2D eigenvalue weighted by Gasteiger charge is -2.13. The van der Waals surface area contributed by atoms with E-state index in [0.717, 1.165) is 18.6 Å². The number of carbonyl (C=O) groups excluding carboxylic acids is 1. The van der Waals surface area contributed by atoms with Crippen LogP contribution in [0.1, 0.15) is 24.6 Å². The summed E-state index contributed by atoms with van der Waals surface area (Å²) in [4.78, 5) is 16.8. The van der Waals surface area contributed by atoms with Crippen LogP contribution < -0.4 is 15.4 Å². The fraction of sp³-hybridized carbons (Fsp3) is 0.125. The van der Waals surface area contributed by atoms with Crippen molar-refractivity contribution in [1.29, 1.82) is 0 Å².